The highest BCUT2D eigenvalue weighted by atomic mass is 16.4. The predicted molar refractivity (Wildman–Crippen MR) is 102 cm³/mol. The van der Waals surface area contributed by atoms with Gasteiger partial charge in [-0.05, 0) is 48.4 Å². The summed E-state index contributed by atoms with van der Waals surface area (Å²) in [6, 6.07) is 6.59. The van der Waals surface area contributed by atoms with Crippen molar-refractivity contribution in [1.29, 1.82) is 0 Å². The highest BCUT2D eigenvalue weighted by molar-refractivity contribution is 5.98. The molecule has 2 atom stereocenters. The fourth-order valence-corrected chi connectivity index (χ4v) is 4.19. The first-order valence-electron chi connectivity index (χ1n) is 9.53. The van der Waals surface area contributed by atoms with Gasteiger partial charge in [0.25, 0.3) is 11.8 Å². The molecule has 2 fully saturated rings. The lowest BCUT2D eigenvalue weighted by atomic mass is 9.81. The molecule has 1 aliphatic heterocycles. The maximum Gasteiger partial charge on any atom is 0.311 e. The second-order valence-corrected chi connectivity index (χ2v) is 9.06. The zero-order valence-corrected chi connectivity index (χ0v) is 16.2. The molecule has 3 rings (SSSR count). The number of nitrogens with one attached hydrogen (secondary N) is 1. The maximum atomic E-state index is 12.8. The second kappa shape index (κ2) is 6.98. The van der Waals surface area contributed by atoms with Crippen molar-refractivity contribution in [2.75, 3.05) is 19.6 Å². The third-order valence-corrected chi connectivity index (χ3v) is 5.76. The number of nitrogens with zero attached hydrogens (tertiary/aromatic N) is 1. The molecule has 2 N–H and O–H groups in total. The van der Waals surface area contributed by atoms with Crippen LogP contribution in [-0.2, 0) is 4.79 Å². The van der Waals surface area contributed by atoms with Crippen LogP contribution in [0.2, 0.25) is 0 Å². The van der Waals surface area contributed by atoms with E-state index in [-0.39, 0.29) is 29.7 Å². The van der Waals surface area contributed by atoms with E-state index >= 15 is 0 Å². The Kier molecular flexibility index (Phi) is 5.02. The molecule has 0 spiro atoms. The smallest absolute Gasteiger partial charge is 0.311 e. The van der Waals surface area contributed by atoms with Crippen LogP contribution < -0.4 is 5.32 Å². The zero-order chi connectivity index (χ0) is 19.8. The molecule has 0 aromatic heterocycles. The Morgan fingerprint density at radius 2 is 1.81 bits per heavy atom. The van der Waals surface area contributed by atoms with Gasteiger partial charge >= 0.3 is 5.97 Å². The van der Waals surface area contributed by atoms with Gasteiger partial charge < -0.3 is 15.3 Å². The largest absolute Gasteiger partial charge is 0.481 e. The fourth-order valence-electron chi connectivity index (χ4n) is 4.19. The summed E-state index contributed by atoms with van der Waals surface area (Å²) in [6.07, 6.45) is 2.42. The van der Waals surface area contributed by atoms with Crippen LogP contribution >= 0.6 is 0 Å². The van der Waals surface area contributed by atoms with Gasteiger partial charge in [-0.15, -0.1) is 0 Å². The minimum atomic E-state index is -0.786. The molecule has 1 aliphatic carbocycles. The van der Waals surface area contributed by atoms with Crippen molar-refractivity contribution in [3.8, 4) is 0 Å². The van der Waals surface area contributed by atoms with Crippen LogP contribution in [0.25, 0.3) is 0 Å². The zero-order valence-electron chi connectivity index (χ0n) is 16.2. The normalized spacial score (nSPS) is 24.6. The number of amides is 2. The Morgan fingerprint density at radius 3 is 2.37 bits per heavy atom. The molecule has 0 bridgehead atoms. The first-order valence-corrected chi connectivity index (χ1v) is 9.53. The fraction of sp³-hybridized carbons (Fsp3) is 0.571. The lowest BCUT2D eigenvalue weighted by molar-refractivity contribution is -0.149. The van der Waals surface area contributed by atoms with Gasteiger partial charge in [-0.2, -0.15) is 0 Å². The molecule has 146 valence electrons. The number of rotatable bonds is 4. The molecule has 1 saturated carbocycles. The van der Waals surface area contributed by atoms with E-state index in [0.29, 0.717) is 30.6 Å². The molecular weight excluding hydrogens is 344 g/mol. The number of carbonyl (C=O) groups is 3. The van der Waals surface area contributed by atoms with Gasteiger partial charge in [-0.3, -0.25) is 14.4 Å². The number of aliphatic carboxylic acids is 1. The Balaban J connectivity index is 1.66. The van der Waals surface area contributed by atoms with Gasteiger partial charge in [-0.1, -0.05) is 27.2 Å². The number of fused-ring (bicyclic) bond motifs is 1. The summed E-state index contributed by atoms with van der Waals surface area (Å²) in [5.41, 5.74) is 0.223. The molecule has 1 aromatic carbocycles. The Bertz CT molecular complexity index is 750. The molecule has 6 heteroatoms. The van der Waals surface area contributed by atoms with E-state index in [2.05, 4.69) is 5.32 Å². The summed E-state index contributed by atoms with van der Waals surface area (Å²) in [4.78, 5) is 38.5. The Labute approximate surface area is 159 Å². The minimum absolute atomic E-state index is 0.000513. The molecule has 0 radical (unpaired) electrons. The second-order valence-electron chi connectivity index (χ2n) is 9.06. The van der Waals surface area contributed by atoms with E-state index < -0.39 is 11.4 Å². The summed E-state index contributed by atoms with van der Waals surface area (Å²) in [7, 11) is 0. The van der Waals surface area contributed by atoms with Crippen LogP contribution in [0.1, 0.15) is 60.7 Å². The summed E-state index contributed by atoms with van der Waals surface area (Å²) < 4.78 is 0. The van der Waals surface area contributed by atoms with Gasteiger partial charge in [0.1, 0.15) is 0 Å². The summed E-state index contributed by atoms with van der Waals surface area (Å²) in [5, 5.41) is 12.6. The topological polar surface area (TPSA) is 86.7 Å². The van der Waals surface area contributed by atoms with Crippen molar-refractivity contribution in [3.63, 3.8) is 0 Å². The summed E-state index contributed by atoms with van der Waals surface area (Å²) in [5.74, 6) is -1.07. The minimum Gasteiger partial charge on any atom is -0.481 e. The van der Waals surface area contributed by atoms with Gasteiger partial charge in [0.15, 0.2) is 0 Å². The van der Waals surface area contributed by atoms with Crippen molar-refractivity contribution >= 4 is 17.8 Å². The quantitative estimate of drug-likeness (QED) is 0.851. The summed E-state index contributed by atoms with van der Waals surface area (Å²) >= 11 is 0. The molecule has 1 aromatic rings. The van der Waals surface area contributed by atoms with E-state index in [4.69, 9.17) is 0 Å². The number of carboxylic acid groups (broad SMARTS) is 1. The van der Waals surface area contributed by atoms with Crippen molar-refractivity contribution in [2.45, 2.75) is 40.0 Å². The molecule has 27 heavy (non-hydrogen) atoms. The van der Waals surface area contributed by atoms with Crippen LogP contribution in [0.15, 0.2) is 24.3 Å². The van der Waals surface area contributed by atoms with Crippen molar-refractivity contribution in [2.24, 2.45) is 16.7 Å². The number of likely N-dealkylation sites (tertiary alicyclic amines) is 1. The van der Waals surface area contributed by atoms with E-state index in [0.717, 1.165) is 12.8 Å². The van der Waals surface area contributed by atoms with E-state index in [1.807, 2.05) is 20.8 Å². The Hall–Kier alpha value is -2.37. The average molecular weight is 372 g/mol. The van der Waals surface area contributed by atoms with Gasteiger partial charge in [-0.25, -0.2) is 0 Å². The highest BCUT2D eigenvalue weighted by Crippen LogP contribution is 2.49. The summed E-state index contributed by atoms with van der Waals surface area (Å²) in [6.45, 7) is 7.48. The molecular formula is C21H28N2O4. The number of carbonyl (C=O) groups excluding carboxylic acids is 2. The van der Waals surface area contributed by atoms with Crippen molar-refractivity contribution in [1.82, 2.24) is 10.2 Å². The molecule has 2 amide bonds. The standard InChI is InChI=1S/C21H28N2O4/c1-20(2,3)12-22-17(24)14-6-8-15(9-7-14)18(25)23-11-16-5-4-10-21(16,13-23)19(26)27/h6-9,16H,4-5,10-13H2,1-3H3,(H,22,24)(H,26,27)/t16-,21+/m0/s1. The lowest BCUT2D eigenvalue weighted by Gasteiger charge is -2.23. The first-order chi connectivity index (χ1) is 12.6. The lowest BCUT2D eigenvalue weighted by Crippen LogP contribution is -2.37. The van der Waals surface area contributed by atoms with Crippen LogP contribution in [0.4, 0.5) is 0 Å². The van der Waals surface area contributed by atoms with Crippen molar-refractivity contribution < 1.29 is 19.5 Å². The van der Waals surface area contributed by atoms with Crippen LogP contribution in [-0.4, -0.2) is 47.4 Å². The number of benzene rings is 1. The van der Waals surface area contributed by atoms with Crippen LogP contribution in [0, 0.1) is 16.7 Å². The molecule has 0 unspecified atom stereocenters. The monoisotopic (exact) mass is 372 g/mol. The third kappa shape index (κ3) is 3.84. The highest BCUT2D eigenvalue weighted by Gasteiger charge is 2.55. The van der Waals surface area contributed by atoms with Crippen molar-refractivity contribution in [3.05, 3.63) is 35.4 Å². The predicted octanol–water partition coefficient (Wildman–Crippen LogP) is 2.79. The van der Waals surface area contributed by atoms with Gasteiger partial charge in [0.05, 0.1) is 5.41 Å². The third-order valence-electron chi connectivity index (χ3n) is 5.76. The Morgan fingerprint density at radius 1 is 1.19 bits per heavy atom. The van der Waals surface area contributed by atoms with Gasteiger partial charge in [0, 0.05) is 30.8 Å². The van der Waals surface area contributed by atoms with E-state index in [1.165, 1.54) is 0 Å². The SMILES string of the molecule is CC(C)(C)CNC(=O)c1ccc(C(=O)N2C[C@@H]3CCC[C@@]3(C(=O)O)C2)cc1. The van der Waals surface area contributed by atoms with Crippen LogP contribution in [0.5, 0.6) is 0 Å². The van der Waals surface area contributed by atoms with Gasteiger partial charge in [0.2, 0.25) is 0 Å². The first kappa shape index (κ1) is 19.4. The number of carboxylic acids is 1. The number of hydrogen-bond acceptors (Lipinski definition) is 3. The number of hydrogen-bond donors (Lipinski definition) is 2. The molecule has 6 nitrogen and oxygen atoms in total. The molecule has 2 aliphatic rings. The van der Waals surface area contributed by atoms with E-state index in [1.54, 1.807) is 29.2 Å². The molecule has 1 saturated heterocycles. The molecule has 1 heterocycles. The van der Waals surface area contributed by atoms with Crippen LogP contribution in [0.3, 0.4) is 0 Å². The maximum absolute atomic E-state index is 12.8. The average Bonchev–Trinajstić information content (AvgIpc) is 3.17. The van der Waals surface area contributed by atoms with E-state index in [9.17, 15) is 19.5 Å².